The van der Waals surface area contributed by atoms with E-state index in [1.807, 2.05) is 31.2 Å². The van der Waals surface area contributed by atoms with E-state index in [0.29, 0.717) is 6.54 Å². The number of carbonyl (C=O) groups excluding carboxylic acids is 1. The minimum atomic E-state index is -0.969. The van der Waals surface area contributed by atoms with Crippen LogP contribution in [0.15, 0.2) is 29.2 Å². The number of hydrogen-bond acceptors (Lipinski definition) is 2. The lowest BCUT2D eigenvalue weighted by molar-refractivity contribution is 0.190. The third-order valence-electron chi connectivity index (χ3n) is 3.66. The Bertz CT molecular complexity index is 506. The molecule has 0 saturated carbocycles. The molecule has 0 spiro atoms. The van der Waals surface area contributed by atoms with Crippen LogP contribution in [0.4, 0.5) is 4.79 Å². The molecule has 2 atom stereocenters. The molecule has 1 N–H and O–H groups in total. The standard InChI is InChI=1S/C16H26N2O2S/c1-12(16(2,3)4)17-15(19)18(5)11-13-7-9-14(10-8-13)21(6)20/h7-10,12H,11H2,1-6H3,(H,17,19). The van der Waals surface area contributed by atoms with Crippen molar-refractivity contribution in [1.82, 2.24) is 10.2 Å². The van der Waals surface area contributed by atoms with Crippen LogP contribution in [-0.2, 0) is 17.3 Å². The lowest BCUT2D eigenvalue weighted by atomic mass is 9.88. The molecule has 21 heavy (non-hydrogen) atoms. The molecule has 2 amide bonds. The van der Waals surface area contributed by atoms with Crippen LogP contribution in [0.1, 0.15) is 33.3 Å². The monoisotopic (exact) mass is 310 g/mol. The summed E-state index contributed by atoms with van der Waals surface area (Å²) in [5, 5.41) is 3.01. The van der Waals surface area contributed by atoms with Crippen molar-refractivity contribution in [1.29, 1.82) is 0 Å². The predicted octanol–water partition coefficient (Wildman–Crippen LogP) is 3.00. The molecule has 0 saturated heterocycles. The zero-order valence-corrected chi connectivity index (χ0v) is 14.6. The maximum Gasteiger partial charge on any atom is 0.317 e. The Morgan fingerprint density at radius 1 is 1.29 bits per heavy atom. The van der Waals surface area contributed by atoms with Crippen LogP contribution in [0, 0.1) is 5.41 Å². The minimum Gasteiger partial charge on any atom is -0.335 e. The molecule has 0 aliphatic rings. The first-order chi connectivity index (χ1) is 9.61. The van der Waals surface area contributed by atoms with Gasteiger partial charge in [-0.2, -0.15) is 0 Å². The van der Waals surface area contributed by atoms with Crippen molar-refractivity contribution < 1.29 is 9.00 Å². The molecular formula is C16H26N2O2S. The van der Waals surface area contributed by atoms with Gasteiger partial charge >= 0.3 is 6.03 Å². The third-order valence-corrected chi connectivity index (χ3v) is 4.60. The van der Waals surface area contributed by atoms with Crippen molar-refractivity contribution in [2.24, 2.45) is 5.41 Å². The van der Waals surface area contributed by atoms with Gasteiger partial charge in [0.15, 0.2) is 0 Å². The van der Waals surface area contributed by atoms with E-state index in [4.69, 9.17) is 0 Å². The van der Waals surface area contributed by atoms with Gasteiger partial charge in [-0.25, -0.2) is 4.79 Å². The van der Waals surface area contributed by atoms with Gasteiger partial charge in [-0.3, -0.25) is 4.21 Å². The summed E-state index contributed by atoms with van der Waals surface area (Å²) in [7, 11) is 0.805. The van der Waals surface area contributed by atoms with Gasteiger partial charge in [-0.05, 0) is 30.0 Å². The summed E-state index contributed by atoms with van der Waals surface area (Å²) < 4.78 is 11.3. The van der Waals surface area contributed by atoms with E-state index in [1.54, 1.807) is 18.2 Å². The number of rotatable bonds is 4. The first kappa shape index (κ1) is 17.7. The molecule has 2 unspecified atom stereocenters. The fourth-order valence-electron chi connectivity index (χ4n) is 1.64. The van der Waals surface area contributed by atoms with Gasteiger partial charge < -0.3 is 10.2 Å². The van der Waals surface area contributed by atoms with Crippen LogP contribution in [0.2, 0.25) is 0 Å². The molecule has 118 valence electrons. The zero-order chi connectivity index (χ0) is 16.2. The van der Waals surface area contributed by atoms with E-state index in [0.717, 1.165) is 10.5 Å². The van der Waals surface area contributed by atoms with Crippen LogP contribution < -0.4 is 5.32 Å². The molecule has 0 fully saturated rings. The molecular weight excluding hydrogens is 284 g/mol. The van der Waals surface area contributed by atoms with E-state index in [1.165, 1.54) is 0 Å². The maximum absolute atomic E-state index is 12.1. The van der Waals surface area contributed by atoms with Gasteiger partial charge in [0.2, 0.25) is 0 Å². The lowest BCUT2D eigenvalue weighted by Gasteiger charge is -2.30. The van der Waals surface area contributed by atoms with E-state index in [-0.39, 0.29) is 17.5 Å². The largest absolute Gasteiger partial charge is 0.335 e. The Balaban J connectivity index is 2.62. The van der Waals surface area contributed by atoms with Crippen molar-refractivity contribution in [3.63, 3.8) is 0 Å². The zero-order valence-electron chi connectivity index (χ0n) is 13.8. The highest BCUT2D eigenvalue weighted by Crippen LogP contribution is 2.18. The number of urea groups is 1. The van der Waals surface area contributed by atoms with Gasteiger partial charge in [-0.1, -0.05) is 32.9 Å². The number of carbonyl (C=O) groups is 1. The van der Waals surface area contributed by atoms with Crippen molar-refractivity contribution in [2.75, 3.05) is 13.3 Å². The average molecular weight is 310 g/mol. The highest BCUT2D eigenvalue weighted by Gasteiger charge is 2.22. The van der Waals surface area contributed by atoms with Gasteiger partial charge in [0.25, 0.3) is 0 Å². The second kappa shape index (κ2) is 7.07. The van der Waals surface area contributed by atoms with E-state index in [9.17, 15) is 9.00 Å². The fraction of sp³-hybridized carbons (Fsp3) is 0.562. The van der Waals surface area contributed by atoms with E-state index >= 15 is 0 Å². The molecule has 5 heteroatoms. The van der Waals surface area contributed by atoms with Gasteiger partial charge in [0.05, 0.1) is 0 Å². The molecule has 1 aromatic rings. The highest BCUT2D eigenvalue weighted by atomic mass is 32.2. The van der Waals surface area contributed by atoms with Gasteiger partial charge in [0.1, 0.15) is 0 Å². The number of amides is 2. The topological polar surface area (TPSA) is 49.4 Å². The minimum absolute atomic E-state index is 0.0311. The van der Waals surface area contributed by atoms with Crippen molar-refractivity contribution in [3.05, 3.63) is 29.8 Å². The Morgan fingerprint density at radius 2 is 1.81 bits per heavy atom. The summed E-state index contributed by atoms with van der Waals surface area (Å²) >= 11 is 0. The fourth-order valence-corrected chi connectivity index (χ4v) is 2.16. The van der Waals surface area contributed by atoms with Crippen LogP contribution in [-0.4, -0.2) is 34.5 Å². The molecule has 0 aromatic heterocycles. The normalized spacial score (nSPS) is 14.4. The smallest absolute Gasteiger partial charge is 0.317 e. The second-order valence-electron chi connectivity index (χ2n) is 6.49. The predicted molar refractivity (Wildman–Crippen MR) is 87.7 cm³/mol. The van der Waals surface area contributed by atoms with Crippen LogP contribution >= 0.6 is 0 Å². The van der Waals surface area contributed by atoms with Gasteiger partial charge in [-0.15, -0.1) is 0 Å². The number of nitrogens with zero attached hydrogens (tertiary/aromatic N) is 1. The Kier molecular flexibility index (Phi) is 5.96. The van der Waals surface area contributed by atoms with Crippen LogP contribution in [0.25, 0.3) is 0 Å². The van der Waals surface area contributed by atoms with Crippen LogP contribution in [0.3, 0.4) is 0 Å². The Hall–Kier alpha value is -1.36. The summed E-state index contributed by atoms with van der Waals surface area (Å²) in [6, 6.07) is 7.52. The molecule has 0 bridgehead atoms. The van der Waals surface area contributed by atoms with E-state index in [2.05, 4.69) is 26.1 Å². The Labute approximate surface area is 130 Å². The number of benzene rings is 1. The van der Waals surface area contributed by atoms with Gasteiger partial charge in [0, 0.05) is 41.6 Å². The number of hydrogen-bond donors (Lipinski definition) is 1. The molecule has 0 heterocycles. The van der Waals surface area contributed by atoms with Crippen molar-refractivity contribution >= 4 is 16.8 Å². The summed E-state index contributed by atoms with van der Waals surface area (Å²) in [6.07, 6.45) is 1.66. The molecule has 0 aliphatic heterocycles. The highest BCUT2D eigenvalue weighted by molar-refractivity contribution is 7.84. The maximum atomic E-state index is 12.1. The molecule has 4 nitrogen and oxygen atoms in total. The number of nitrogens with one attached hydrogen (secondary N) is 1. The molecule has 1 rings (SSSR count). The first-order valence-electron chi connectivity index (χ1n) is 7.05. The van der Waals surface area contributed by atoms with Crippen LogP contribution in [0.5, 0.6) is 0 Å². The summed E-state index contributed by atoms with van der Waals surface area (Å²) in [5.74, 6) is 0. The quantitative estimate of drug-likeness (QED) is 0.929. The molecule has 1 aromatic carbocycles. The third kappa shape index (κ3) is 5.50. The summed E-state index contributed by atoms with van der Waals surface area (Å²) in [6.45, 7) is 8.83. The lowest BCUT2D eigenvalue weighted by Crippen LogP contribution is -2.46. The van der Waals surface area contributed by atoms with Crippen molar-refractivity contribution in [2.45, 2.75) is 45.2 Å². The second-order valence-corrected chi connectivity index (χ2v) is 7.87. The first-order valence-corrected chi connectivity index (χ1v) is 8.61. The van der Waals surface area contributed by atoms with Crippen molar-refractivity contribution in [3.8, 4) is 0 Å². The molecule has 0 radical (unpaired) electrons. The Morgan fingerprint density at radius 3 is 2.24 bits per heavy atom. The van der Waals surface area contributed by atoms with E-state index < -0.39 is 10.8 Å². The SMILES string of the molecule is CC(NC(=O)N(C)Cc1ccc(S(C)=O)cc1)C(C)(C)C. The average Bonchev–Trinajstić information content (AvgIpc) is 2.37. The summed E-state index contributed by atoms with van der Waals surface area (Å²) in [4.78, 5) is 14.6. The molecule has 0 aliphatic carbocycles. The summed E-state index contributed by atoms with van der Waals surface area (Å²) in [5.41, 5.74) is 1.05.